The van der Waals surface area contributed by atoms with Crippen LogP contribution in [0.25, 0.3) is 0 Å². The van der Waals surface area contributed by atoms with Gasteiger partial charge in [-0.05, 0) is 42.3 Å². The van der Waals surface area contributed by atoms with Gasteiger partial charge in [-0.2, -0.15) is 8.78 Å². The number of fused-ring (bicyclic) bond motifs is 1. The lowest BCUT2D eigenvalue weighted by Gasteiger charge is -2.16. The van der Waals surface area contributed by atoms with E-state index >= 15 is 0 Å². The van der Waals surface area contributed by atoms with Gasteiger partial charge in [-0.1, -0.05) is 18.2 Å². The number of hydrogen-bond acceptors (Lipinski definition) is 5. The summed E-state index contributed by atoms with van der Waals surface area (Å²) < 4.78 is 39.4. The van der Waals surface area contributed by atoms with Crippen molar-refractivity contribution in [3.8, 4) is 17.2 Å². The number of rotatable bonds is 8. The highest BCUT2D eigenvalue weighted by atomic mass is 127. The van der Waals surface area contributed by atoms with Gasteiger partial charge < -0.3 is 30.0 Å². The third kappa shape index (κ3) is 6.87. The van der Waals surface area contributed by atoms with Crippen LogP contribution in [0.4, 0.5) is 8.78 Å². The smallest absolute Gasteiger partial charge is 0.387 e. The Kier molecular flexibility index (Phi) is 9.37. The summed E-state index contributed by atoms with van der Waals surface area (Å²) in [5.41, 5.74) is 1.53. The topological polar surface area (TPSA) is 84.3 Å². The molecule has 10 heteroatoms. The zero-order valence-corrected chi connectivity index (χ0v) is 18.6. The number of ether oxygens (including phenoxy) is 3. The standard InChI is InChI=1S/C20H23F2N3O4.HI/c1-2-23-20(24-10-13-3-8-17-18(9-13)28-12-27-17)25-11-16(26)14-4-6-15(7-5-14)29-19(21)22;/h3-9,16,19,26H,2,10-12H2,1H3,(H2,23,24,25);1H. The summed E-state index contributed by atoms with van der Waals surface area (Å²) in [6.07, 6.45) is -0.843. The zero-order valence-electron chi connectivity index (χ0n) is 16.3. The van der Waals surface area contributed by atoms with Gasteiger partial charge in [0.15, 0.2) is 17.5 Å². The maximum absolute atomic E-state index is 12.2. The van der Waals surface area contributed by atoms with Gasteiger partial charge in [-0.15, -0.1) is 24.0 Å². The van der Waals surface area contributed by atoms with Crippen LogP contribution >= 0.6 is 24.0 Å². The molecule has 0 spiro atoms. The van der Waals surface area contributed by atoms with Crippen molar-refractivity contribution < 1.29 is 28.1 Å². The molecule has 0 saturated carbocycles. The second kappa shape index (κ2) is 11.7. The minimum atomic E-state index is -2.88. The lowest BCUT2D eigenvalue weighted by Crippen LogP contribution is -2.39. The molecule has 1 heterocycles. The molecular formula is C20H24F2IN3O4. The number of guanidine groups is 1. The van der Waals surface area contributed by atoms with Crippen molar-refractivity contribution in [1.29, 1.82) is 0 Å². The van der Waals surface area contributed by atoms with Crippen LogP contribution in [0.15, 0.2) is 47.5 Å². The van der Waals surface area contributed by atoms with Crippen LogP contribution in [-0.4, -0.2) is 37.6 Å². The van der Waals surface area contributed by atoms with Gasteiger partial charge in [0.2, 0.25) is 6.79 Å². The monoisotopic (exact) mass is 535 g/mol. The predicted octanol–water partition coefficient (Wildman–Crippen LogP) is 3.42. The van der Waals surface area contributed by atoms with Gasteiger partial charge in [0, 0.05) is 13.1 Å². The van der Waals surface area contributed by atoms with Gasteiger partial charge >= 0.3 is 6.61 Å². The van der Waals surface area contributed by atoms with Crippen LogP contribution < -0.4 is 24.8 Å². The molecule has 1 aliphatic heterocycles. The molecular weight excluding hydrogens is 511 g/mol. The van der Waals surface area contributed by atoms with E-state index in [1.807, 2.05) is 25.1 Å². The van der Waals surface area contributed by atoms with E-state index in [-0.39, 0.29) is 43.1 Å². The summed E-state index contributed by atoms with van der Waals surface area (Å²) in [6, 6.07) is 11.5. The number of alkyl halides is 2. The van der Waals surface area contributed by atoms with E-state index < -0.39 is 12.7 Å². The van der Waals surface area contributed by atoms with E-state index in [1.54, 1.807) is 12.1 Å². The second-order valence-corrected chi connectivity index (χ2v) is 6.23. The molecule has 0 saturated heterocycles. The number of aliphatic hydroxyl groups is 1. The summed E-state index contributed by atoms with van der Waals surface area (Å²) in [4.78, 5) is 4.51. The van der Waals surface area contributed by atoms with Gasteiger partial charge in [0.05, 0.1) is 12.6 Å². The van der Waals surface area contributed by atoms with Crippen molar-refractivity contribution in [2.24, 2.45) is 4.99 Å². The van der Waals surface area contributed by atoms with Gasteiger partial charge in [-0.25, -0.2) is 4.99 Å². The zero-order chi connectivity index (χ0) is 20.6. The maximum Gasteiger partial charge on any atom is 0.387 e. The first-order chi connectivity index (χ1) is 14.0. The van der Waals surface area contributed by atoms with Crippen LogP contribution in [0.5, 0.6) is 17.2 Å². The number of aliphatic hydroxyl groups excluding tert-OH is 1. The average molecular weight is 535 g/mol. The minimum absolute atomic E-state index is 0. The summed E-state index contributed by atoms with van der Waals surface area (Å²) >= 11 is 0. The molecule has 0 radical (unpaired) electrons. The fraction of sp³-hybridized carbons (Fsp3) is 0.350. The van der Waals surface area contributed by atoms with Crippen molar-refractivity contribution in [2.75, 3.05) is 19.9 Å². The largest absolute Gasteiger partial charge is 0.454 e. The molecule has 30 heavy (non-hydrogen) atoms. The minimum Gasteiger partial charge on any atom is -0.454 e. The molecule has 2 aromatic carbocycles. The molecule has 0 amide bonds. The van der Waals surface area contributed by atoms with Crippen LogP contribution in [0.2, 0.25) is 0 Å². The number of nitrogens with zero attached hydrogens (tertiary/aromatic N) is 1. The highest BCUT2D eigenvalue weighted by Gasteiger charge is 2.13. The molecule has 1 aliphatic rings. The molecule has 0 aliphatic carbocycles. The first kappa shape index (κ1) is 23.9. The molecule has 0 bridgehead atoms. The Morgan fingerprint density at radius 2 is 1.87 bits per heavy atom. The van der Waals surface area contributed by atoms with Crippen molar-refractivity contribution in [3.05, 3.63) is 53.6 Å². The highest BCUT2D eigenvalue weighted by molar-refractivity contribution is 14.0. The molecule has 2 aromatic rings. The van der Waals surface area contributed by atoms with Crippen LogP contribution in [0.1, 0.15) is 24.2 Å². The Morgan fingerprint density at radius 1 is 1.13 bits per heavy atom. The number of benzene rings is 2. The van der Waals surface area contributed by atoms with E-state index in [9.17, 15) is 13.9 Å². The third-order valence-corrected chi connectivity index (χ3v) is 4.15. The van der Waals surface area contributed by atoms with Crippen LogP contribution in [0, 0.1) is 0 Å². The van der Waals surface area contributed by atoms with E-state index in [0.717, 1.165) is 11.3 Å². The Bertz CT molecular complexity index is 837. The molecule has 0 aromatic heterocycles. The number of nitrogens with one attached hydrogen (secondary N) is 2. The van der Waals surface area contributed by atoms with E-state index in [0.29, 0.717) is 30.4 Å². The fourth-order valence-corrected chi connectivity index (χ4v) is 2.73. The lowest BCUT2D eigenvalue weighted by atomic mass is 10.1. The Labute approximate surface area is 190 Å². The summed E-state index contributed by atoms with van der Waals surface area (Å²) in [6.45, 7) is 0.554. The first-order valence-corrected chi connectivity index (χ1v) is 9.18. The molecule has 1 atom stereocenters. The highest BCUT2D eigenvalue weighted by Crippen LogP contribution is 2.32. The third-order valence-electron chi connectivity index (χ3n) is 4.15. The van der Waals surface area contributed by atoms with E-state index in [1.165, 1.54) is 12.1 Å². The van der Waals surface area contributed by atoms with E-state index in [4.69, 9.17) is 9.47 Å². The van der Waals surface area contributed by atoms with Crippen molar-refractivity contribution in [2.45, 2.75) is 26.2 Å². The van der Waals surface area contributed by atoms with E-state index in [2.05, 4.69) is 20.4 Å². The Hall–Kier alpha value is -2.34. The normalized spacial score (nSPS) is 13.6. The van der Waals surface area contributed by atoms with Crippen molar-refractivity contribution in [3.63, 3.8) is 0 Å². The molecule has 3 N–H and O–H groups in total. The SMILES string of the molecule is CCNC(=NCc1ccc2c(c1)OCO2)NCC(O)c1ccc(OC(F)F)cc1.I. The molecule has 1 unspecified atom stereocenters. The molecule has 164 valence electrons. The fourth-order valence-electron chi connectivity index (χ4n) is 2.73. The predicted molar refractivity (Wildman–Crippen MR) is 119 cm³/mol. The lowest BCUT2D eigenvalue weighted by molar-refractivity contribution is -0.0498. The summed E-state index contributed by atoms with van der Waals surface area (Å²) in [5.74, 6) is 2.01. The van der Waals surface area contributed by atoms with Crippen molar-refractivity contribution in [1.82, 2.24) is 10.6 Å². The molecule has 0 fully saturated rings. The van der Waals surface area contributed by atoms with Gasteiger partial charge in [0.1, 0.15) is 5.75 Å². The Balaban J connectivity index is 0.00000320. The molecule has 7 nitrogen and oxygen atoms in total. The summed E-state index contributed by atoms with van der Waals surface area (Å²) in [5, 5.41) is 16.5. The van der Waals surface area contributed by atoms with Gasteiger partial charge in [-0.3, -0.25) is 0 Å². The number of halogens is 3. The Morgan fingerprint density at radius 3 is 2.57 bits per heavy atom. The number of hydrogen-bond donors (Lipinski definition) is 3. The maximum atomic E-state index is 12.2. The van der Waals surface area contributed by atoms with Crippen molar-refractivity contribution >= 4 is 29.9 Å². The van der Waals surface area contributed by atoms with Crippen LogP contribution in [-0.2, 0) is 6.54 Å². The average Bonchev–Trinajstić information content (AvgIpc) is 3.18. The summed E-state index contributed by atoms with van der Waals surface area (Å²) in [7, 11) is 0. The first-order valence-electron chi connectivity index (χ1n) is 9.18. The molecule has 3 rings (SSSR count). The van der Waals surface area contributed by atoms with Gasteiger partial charge in [0.25, 0.3) is 0 Å². The van der Waals surface area contributed by atoms with Crippen LogP contribution in [0.3, 0.4) is 0 Å². The quantitative estimate of drug-likeness (QED) is 0.273. The second-order valence-electron chi connectivity index (χ2n) is 6.23. The number of aliphatic imine (C=N–C) groups is 1.